The molecule has 1 aromatic heterocycles. The van der Waals surface area contributed by atoms with Gasteiger partial charge in [-0.3, -0.25) is 4.79 Å². The highest BCUT2D eigenvalue weighted by Gasteiger charge is 2.17. The van der Waals surface area contributed by atoms with Gasteiger partial charge in [0.1, 0.15) is 12.4 Å². The van der Waals surface area contributed by atoms with E-state index in [-0.39, 0.29) is 18.5 Å². The van der Waals surface area contributed by atoms with Gasteiger partial charge in [-0.05, 0) is 47.7 Å². The van der Waals surface area contributed by atoms with Crippen LogP contribution < -0.4 is 19.5 Å². The van der Waals surface area contributed by atoms with Crippen LogP contribution >= 0.6 is 11.8 Å². The van der Waals surface area contributed by atoms with Crippen LogP contribution in [-0.2, 0) is 30.9 Å². The lowest BCUT2D eigenvalue weighted by atomic mass is 10.2. The summed E-state index contributed by atoms with van der Waals surface area (Å²) in [5.41, 5.74) is 2.22. The number of rotatable bonds is 11. The fourth-order valence-electron chi connectivity index (χ4n) is 3.48. The van der Waals surface area contributed by atoms with Crippen molar-refractivity contribution in [3.05, 3.63) is 59.4 Å². The average Bonchev–Trinajstić information content (AvgIpc) is 3.46. The molecule has 0 saturated heterocycles. The smallest absolute Gasteiger partial charge is 0.231 e. The van der Waals surface area contributed by atoms with E-state index < -0.39 is 0 Å². The largest absolute Gasteiger partial charge is 0.486 e. The maximum Gasteiger partial charge on any atom is 0.231 e. The summed E-state index contributed by atoms with van der Waals surface area (Å²) in [4.78, 5) is 12.5. The Morgan fingerprint density at radius 1 is 1.12 bits per heavy atom. The van der Waals surface area contributed by atoms with E-state index in [2.05, 4.69) is 48.4 Å². The number of benzene rings is 2. The Labute approximate surface area is 204 Å². The fourth-order valence-corrected chi connectivity index (χ4v) is 4.28. The molecule has 1 aliphatic rings. The van der Waals surface area contributed by atoms with Crippen LogP contribution in [0.2, 0.25) is 0 Å². The molecule has 2 aromatic carbocycles. The molecule has 8 nitrogen and oxygen atoms in total. The van der Waals surface area contributed by atoms with Gasteiger partial charge in [0.2, 0.25) is 12.7 Å². The van der Waals surface area contributed by atoms with Crippen LogP contribution in [0, 0.1) is 5.92 Å². The molecule has 0 bridgehead atoms. The first-order valence-corrected chi connectivity index (χ1v) is 12.4. The van der Waals surface area contributed by atoms with Gasteiger partial charge in [0.25, 0.3) is 0 Å². The summed E-state index contributed by atoms with van der Waals surface area (Å²) >= 11 is 1.38. The lowest BCUT2D eigenvalue weighted by Gasteiger charge is -2.13. The molecule has 0 fully saturated rings. The number of nitrogens with one attached hydrogen (secondary N) is 1. The monoisotopic (exact) mass is 482 g/mol. The second-order valence-electron chi connectivity index (χ2n) is 8.44. The molecular weight excluding hydrogens is 452 g/mol. The molecule has 34 heavy (non-hydrogen) atoms. The second-order valence-corrected chi connectivity index (χ2v) is 9.38. The van der Waals surface area contributed by atoms with E-state index in [1.165, 1.54) is 17.3 Å². The Kier molecular flexibility index (Phi) is 7.95. The number of carbonyl (C=O) groups is 1. The molecule has 2 heterocycles. The van der Waals surface area contributed by atoms with Crippen LogP contribution in [0.4, 0.5) is 0 Å². The summed E-state index contributed by atoms with van der Waals surface area (Å²) < 4.78 is 18.7. The van der Waals surface area contributed by atoms with Crippen molar-refractivity contribution in [1.82, 2.24) is 20.1 Å². The quantitative estimate of drug-likeness (QED) is 0.410. The Bertz CT molecular complexity index is 1110. The first kappa shape index (κ1) is 23.9. The van der Waals surface area contributed by atoms with Crippen molar-refractivity contribution in [2.24, 2.45) is 5.92 Å². The molecule has 3 aromatic rings. The zero-order valence-electron chi connectivity index (χ0n) is 19.7. The maximum atomic E-state index is 12.5. The number of aryl methyl sites for hydroxylation is 1. The van der Waals surface area contributed by atoms with E-state index >= 15 is 0 Å². The Hall–Kier alpha value is -3.20. The maximum absolute atomic E-state index is 12.5. The van der Waals surface area contributed by atoms with Crippen molar-refractivity contribution in [3.63, 3.8) is 0 Å². The summed E-state index contributed by atoms with van der Waals surface area (Å²) in [5.74, 6) is 3.56. The molecule has 1 aliphatic heterocycles. The molecule has 0 radical (unpaired) electrons. The SMILES string of the molecule is CCc1ccc(OCc2nnc(SCC(=O)NCc3ccc4c(c3)OCO4)n2CC(C)C)cc1. The van der Waals surface area contributed by atoms with Gasteiger partial charge in [-0.15, -0.1) is 10.2 Å². The van der Waals surface area contributed by atoms with Gasteiger partial charge in [0.05, 0.1) is 5.75 Å². The third-order valence-electron chi connectivity index (χ3n) is 5.30. The first-order chi connectivity index (χ1) is 16.5. The van der Waals surface area contributed by atoms with Crippen molar-refractivity contribution >= 4 is 17.7 Å². The lowest BCUT2D eigenvalue weighted by Crippen LogP contribution is -2.24. The number of hydrogen-bond acceptors (Lipinski definition) is 7. The number of nitrogens with zero attached hydrogens (tertiary/aromatic N) is 3. The molecule has 9 heteroatoms. The minimum Gasteiger partial charge on any atom is -0.486 e. The van der Waals surface area contributed by atoms with Crippen LogP contribution in [0.3, 0.4) is 0 Å². The molecule has 0 saturated carbocycles. The summed E-state index contributed by atoms with van der Waals surface area (Å²) in [5, 5.41) is 12.3. The van der Waals surface area contributed by atoms with Crippen LogP contribution in [-0.4, -0.2) is 33.2 Å². The molecule has 1 amide bonds. The van der Waals surface area contributed by atoms with E-state index in [9.17, 15) is 4.79 Å². The van der Waals surface area contributed by atoms with Gasteiger partial charge in [0, 0.05) is 13.1 Å². The van der Waals surface area contributed by atoms with Crippen molar-refractivity contribution in [2.75, 3.05) is 12.5 Å². The van der Waals surface area contributed by atoms with Gasteiger partial charge in [-0.25, -0.2) is 0 Å². The zero-order valence-corrected chi connectivity index (χ0v) is 20.6. The van der Waals surface area contributed by atoms with Gasteiger partial charge in [-0.2, -0.15) is 0 Å². The van der Waals surface area contributed by atoms with Crippen molar-refractivity contribution < 1.29 is 19.0 Å². The van der Waals surface area contributed by atoms with Crippen LogP contribution in [0.1, 0.15) is 37.7 Å². The van der Waals surface area contributed by atoms with Crippen LogP contribution in [0.5, 0.6) is 17.2 Å². The van der Waals surface area contributed by atoms with Gasteiger partial charge in [0.15, 0.2) is 22.5 Å². The molecule has 0 spiro atoms. The predicted octanol–water partition coefficient (Wildman–Crippen LogP) is 4.21. The minimum atomic E-state index is -0.0735. The lowest BCUT2D eigenvalue weighted by molar-refractivity contribution is -0.118. The van der Waals surface area contributed by atoms with E-state index in [0.717, 1.165) is 35.9 Å². The summed E-state index contributed by atoms with van der Waals surface area (Å²) in [6.45, 7) is 8.13. The van der Waals surface area contributed by atoms with E-state index in [1.807, 2.05) is 34.9 Å². The molecule has 0 aliphatic carbocycles. The van der Waals surface area contributed by atoms with Gasteiger partial charge < -0.3 is 24.1 Å². The van der Waals surface area contributed by atoms with Crippen molar-refractivity contribution in [2.45, 2.75) is 52.0 Å². The fraction of sp³-hybridized carbons (Fsp3) is 0.400. The zero-order chi connectivity index (χ0) is 23.9. The minimum absolute atomic E-state index is 0.0735. The average molecular weight is 483 g/mol. The Morgan fingerprint density at radius 3 is 2.65 bits per heavy atom. The molecule has 0 atom stereocenters. The molecular formula is C25H30N4O4S. The standard InChI is InChI=1S/C25H30N4O4S/c1-4-18-5-8-20(9-6-18)31-14-23-27-28-25(29(23)13-17(2)3)34-15-24(30)26-12-19-7-10-21-22(11-19)33-16-32-21/h5-11,17H,4,12-16H2,1-3H3,(H,26,30). The molecule has 0 unspecified atom stereocenters. The van der Waals surface area contributed by atoms with E-state index in [1.54, 1.807) is 0 Å². The molecule has 4 rings (SSSR count). The molecule has 1 N–H and O–H groups in total. The van der Waals surface area contributed by atoms with E-state index in [4.69, 9.17) is 14.2 Å². The highest BCUT2D eigenvalue weighted by Crippen LogP contribution is 2.32. The summed E-state index contributed by atoms with van der Waals surface area (Å²) in [6.07, 6.45) is 0.994. The third kappa shape index (κ3) is 6.22. The second kappa shape index (κ2) is 11.3. The first-order valence-electron chi connectivity index (χ1n) is 11.4. The predicted molar refractivity (Wildman–Crippen MR) is 130 cm³/mol. The molecule has 180 valence electrons. The summed E-state index contributed by atoms with van der Waals surface area (Å²) in [6, 6.07) is 13.7. The van der Waals surface area contributed by atoms with Crippen molar-refractivity contribution in [1.29, 1.82) is 0 Å². The number of thioether (sulfide) groups is 1. The topological polar surface area (TPSA) is 87.5 Å². The van der Waals surface area contributed by atoms with Crippen LogP contribution in [0.25, 0.3) is 0 Å². The number of amides is 1. The Balaban J connectivity index is 1.32. The number of carbonyl (C=O) groups excluding carboxylic acids is 1. The third-order valence-corrected chi connectivity index (χ3v) is 6.27. The van der Waals surface area contributed by atoms with Gasteiger partial charge in [-0.1, -0.05) is 50.7 Å². The van der Waals surface area contributed by atoms with Crippen LogP contribution in [0.15, 0.2) is 47.6 Å². The van der Waals surface area contributed by atoms with E-state index in [0.29, 0.717) is 30.0 Å². The van der Waals surface area contributed by atoms with Gasteiger partial charge >= 0.3 is 0 Å². The number of hydrogen-bond donors (Lipinski definition) is 1. The number of aromatic nitrogens is 3. The highest BCUT2D eigenvalue weighted by atomic mass is 32.2. The number of ether oxygens (including phenoxy) is 3. The number of fused-ring (bicyclic) bond motifs is 1. The highest BCUT2D eigenvalue weighted by molar-refractivity contribution is 7.99. The summed E-state index contributed by atoms with van der Waals surface area (Å²) in [7, 11) is 0. The Morgan fingerprint density at radius 2 is 1.88 bits per heavy atom. The van der Waals surface area contributed by atoms with Crippen molar-refractivity contribution in [3.8, 4) is 17.2 Å². The normalized spacial score (nSPS) is 12.2.